The standard InChI is InChI=1S/C19H26O2Si/c1-9-16-15-11-14(22(6,7)8)10-13(12-20)17(15)21-19(4,5)18(16,2)3/h1,10-12,16H,2-8H3. The van der Waals surface area contributed by atoms with E-state index in [1.54, 1.807) is 0 Å². The van der Waals surface area contributed by atoms with Crippen LogP contribution in [0.2, 0.25) is 19.6 Å². The molecule has 1 aliphatic heterocycles. The van der Waals surface area contributed by atoms with Crippen molar-refractivity contribution in [2.24, 2.45) is 5.41 Å². The summed E-state index contributed by atoms with van der Waals surface area (Å²) < 4.78 is 6.24. The molecule has 0 radical (unpaired) electrons. The summed E-state index contributed by atoms with van der Waals surface area (Å²) in [5.41, 5.74) is 0.968. The number of carbonyl (C=O) groups is 1. The van der Waals surface area contributed by atoms with Gasteiger partial charge < -0.3 is 4.74 Å². The molecule has 2 rings (SSSR count). The lowest BCUT2D eigenvalue weighted by atomic mass is 9.63. The number of aldehydes is 1. The number of benzene rings is 1. The molecule has 1 unspecified atom stereocenters. The van der Waals surface area contributed by atoms with Gasteiger partial charge in [-0.3, -0.25) is 4.79 Å². The predicted molar refractivity (Wildman–Crippen MR) is 94.9 cm³/mol. The van der Waals surface area contributed by atoms with Gasteiger partial charge in [-0.1, -0.05) is 50.7 Å². The van der Waals surface area contributed by atoms with E-state index in [1.165, 1.54) is 5.19 Å². The highest BCUT2D eigenvalue weighted by Gasteiger charge is 2.50. The van der Waals surface area contributed by atoms with Crippen LogP contribution in [0.1, 0.15) is 49.5 Å². The third kappa shape index (κ3) is 2.40. The monoisotopic (exact) mass is 314 g/mol. The molecule has 0 bridgehead atoms. The minimum absolute atomic E-state index is 0.0683. The van der Waals surface area contributed by atoms with Crippen LogP contribution >= 0.6 is 0 Å². The zero-order valence-electron chi connectivity index (χ0n) is 14.7. The van der Waals surface area contributed by atoms with Crippen LogP contribution in [0.3, 0.4) is 0 Å². The van der Waals surface area contributed by atoms with Gasteiger partial charge in [0, 0.05) is 11.0 Å². The van der Waals surface area contributed by atoms with E-state index in [0.717, 1.165) is 11.8 Å². The number of hydrogen-bond donors (Lipinski definition) is 0. The number of terminal acetylenes is 1. The molecule has 1 aromatic carbocycles. The Bertz CT molecular complexity index is 657. The summed E-state index contributed by atoms with van der Waals surface area (Å²) in [5.74, 6) is 3.56. The molecule has 2 nitrogen and oxygen atoms in total. The summed E-state index contributed by atoms with van der Waals surface area (Å²) in [4.78, 5) is 11.6. The fraction of sp³-hybridized carbons (Fsp3) is 0.526. The lowest BCUT2D eigenvalue weighted by Crippen LogP contribution is -2.51. The van der Waals surface area contributed by atoms with Crippen LogP contribution in [0.4, 0.5) is 0 Å². The molecule has 22 heavy (non-hydrogen) atoms. The average molecular weight is 315 g/mol. The molecule has 0 aromatic heterocycles. The molecule has 0 N–H and O–H groups in total. The van der Waals surface area contributed by atoms with Crippen molar-refractivity contribution in [2.75, 3.05) is 0 Å². The van der Waals surface area contributed by atoms with Crippen LogP contribution in [0.5, 0.6) is 5.75 Å². The molecule has 0 spiro atoms. The van der Waals surface area contributed by atoms with E-state index >= 15 is 0 Å². The Kier molecular flexibility index (Phi) is 3.82. The quantitative estimate of drug-likeness (QED) is 0.469. The largest absolute Gasteiger partial charge is 0.486 e. The average Bonchev–Trinajstić information content (AvgIpc) is 2.37. The lowest BCUT2D eigenvalue weighted by molar-refractivity contribution is -0.0356. The smallest absolute Gasteiger partial charge is 0.153 e. The van der Waals surface area contributed by atoms with Gasteiger partial charge in [0.25, 0.3) is 0 Å². The second-order valence-corrected chi connectivity index (χ2v) is 13.4. The maximum absolute atomic E-state index is 11.6. The Morgan fingerprint density at radius 3 is 2.27 bits per heavy atom. The first kappa shape index (κ1) is 16.8. The van der Waals surface area contributed by atoms with Crippen molar-refractivity contribution in [1.29, 1.82) is 0 Å². The fourth-order valence-electron chi connectivity index (χ4n) is 2.95. The molecule has 0 saturated carbocycles. The Morgan fingerprint density at radius 2 is 1.82 bits per heavy atom. The SMILES string of the molecule is C#CC1c2cc([Si](C)(C)C)cc(C=O)c2OC(C)(C)C1(C)C. The zero-order chi connectivity index (χ0) is 16.9. The van der Waals surface area contributed by atoms with Crippen LogP contribution in [-0.4, -0.2) is 20.0 Å². The van der Waals surface area contributed by atoms with E-state index in [9.17, 15) is 4.79 Å². The molecule has 118 valence electrons. The van der Waals surface area contributed by atoms with Crippen molar-refractivity contribution >= 4 is 19.5 Å². The van der Waals surface area contributed by atoms with Crippen molar-refractivity contribution in [3.8, 4) is 18.1 Å². The van der Waals surface area contributed by atoms with Crippen LogP contribution in [0.25, 0.3) is 0 Å². The number of rotatable bonds is 2. The molecule has 3 heteroatoms. The minimum Gasteiger partial charge on any atom is -0.486 e. The van der Waals surface area contributed by atoms with Crippen LogP contribution in [0, 0.1) is 17.8 Å². The second kappa shape index (κ2) is 4.99. The molecular weight excluding hydrogens is 288 g/mol. The van der Waals surface area contributed by atoms with Gasteiger partial charge in [0.05, 0.1) is 19.6 Å². The topological polar surface area (TPSA) is 26.3 Å². The Balaban J connectivity index is 2.80. The third-order valence-corrected chi connectivity index (χ3v) is 7.27. The van der Waals surface area contributed by atoms with Gasteiger partial charge in [0.1, 0.15) is 11.4 Å². The molecule has 1 aromatic rings. The van der Waals surface area contributed by atoms with Crippen LogP contribution < -0.4 is 9.92 Å². The Labute approximate surface area is 135 Å². The van der Waals surface area contributed by atoms with E-state index in [1.807, 2.05) is 19.9 Å². The van der Waals surface area contributed by atoms with Crippen molar-refractivity contribution < 1.29 is 9.53 Å². The molecule has 0 aliphatic carbocycles. The van der Waals surface area contributed by atoms with E-state index < -0.39 is 13.7 Å². The Morgan fingerprint density at radius 1 is 1.23 bits per heavy atom. The summed E-state index contributed by atoms with van der Waals surface area (Å²) in [5, 5.41) is 1.24. The lowest BCUT2D eigenvalue weighted by Gasteiger charge is -2.50. The first-order valence-electron chi connectivity index (χ1n) is 7.74. The highest BCUT2D eigenvalue weighted by atomic mass is 28.3. The van der Waals surface area contributed by atoms with E-state index in [4.69, 9.17) is 11.2 Å². The number of ether oxygens (including phenoxy) is 1. The number of hydrogen-bond acceptors (Lipinski definition) is 2. The van der Waals surface area contributed by atoms with Gasteiger partial charge in [-0.25, -0.2) is 0 Å². The predicted octanol–water partition coefficient (Wildman–Crippen LogP) is 3.96. The van der Waals surface area contributed by atoms with E-state index in [2.05, 4.69) is 45.5 Å². The molecule has 1 atom stereocenters. The molecule has 0 fully saturated rings. The second-order valence-electron chi connectivity index (χ2n) is 8.29. The van der Waals surface area contributed by atoms with Crippen molar-refractivity contribution in [3.05, 3.63) is 23.3 Å². The van der Waals surface area contributed by atoms with Gasteiger partial charge in [0.15, 0.2) is 6.29 Å². The maximum Gasteiger partial charge on any atom is 0.153 e. The highest BCUT2D eigenvalue weighted by Crippen LogP contribution is 2.53. The Hall–Kier alpha value is -1.53. The molecule has 1 heterocycles. The maximum atomic E-state index is 11.6. The van der Waals surface area contributed by atoms with Crippen molar-refractivity contribution in [2.45, 2.75) is 58.9 Å². The van der Waals surface area contributed by atoms with E-state index in [0.29, 0.717) is 11.3 Å². The van der Waals surface area contributed by atoms with Crippen molar-refractivity contribution in [3.63, 3.8) is 0 Å². The molecular formula is C19H26O2Si. The summed E-state index contributed by atoms with van der Waals surface area (Å²) >= 11 is 0. The number of carbonyl (C=O) groups excluding carboxylic acids is 1. The molecule has 0 saturated heterocycles. The van der Waals surface area contributed by atoms with E-state index in [-0.39, 0.29) is 11.3 Å². The van der Waals surface area contributed by atoms with Crippen LogP contribution in [-0.2, 0) is 0 Å². The van der Waals surface area contributed by atoms with Gasteiger partial charge in [-0.2, -0.15) is 0 Å². The first-order valence-corrected chi connectivity index (χ1v) is 11.2. The third-order valence-electron chi connectivity index (χ3n) is 5.25. The van der Waals surface area contributed by atoms with Gasteiger partial charge in [-0.05, 0) is 19.9 Å². The fourth-order valence-corrected chi connectivity index (χ4v) is 4.13. The summed E-state index contributed by atoms with van der Waals surface area (Å²) in [6, 6.07) is 4.16. The summed E-state index contributed by atoms with van der Waals surface area (Å²) in [6.45, 7) is 15.2. The summed E-state index contributed by atoms with van der Waals surface area (Å²) in [7, 11) is -1.55. The van der Waals surface area contributed by atoms with Gasteiger partial charge >= 0.3 is 0 Å². The minimum atomic E-state index is -1.55. The van der Waals surface area contributed by atoms with Gasteiger partial charge in [0.2, 0.25) is 0 Å². The first-order chi connectivity index (χ1) is 9.95. The van der Waals surface area contributed by atoms with Gasteiger partial charge in [-0.15, -0.1) is 6.42 Å². The van der Waals surface area contributed by atoms with Crippen molar-refractivity contribution in [1.82, 2.24) is 0 Å². The number of fused-ring (bicyclic) bond motifs is 1. The molecule has 1 aliphatic rings. The highest BCUT2D eigenvalue weighted by molar-refractivity contribution is 6.88. The zero-order valence-corrected chi connectivity index (χ0v) is 15.7. The molecule has 0 amide bonds. The summed E-state index contributed by atoms with van der Waals surface area (Å²) in [6.07, 6.45) is 6.78. The normalized spacial score (nSPS) is 22.2. The van der Waals surface area contributed by atoms with Crippen LogP contribution in [0.15, 0.2) is 12.1 Å².